The highest BCUT2D eigenvalue weighted by Gasteiger charge is 2.61. The Hall–Kier alpha value is -2.63. The number of carbonyl (C=O) groups excluding carboxylic acids is 2. The van der Waals surface area contributed by atoms with Gasteiger partial charge in [-0.3, -0.25) is 4.79 Å². The summed E-state index contributed by atoms with van der Waals surface area (Å²) in [5, 5.41) is 7.80. The van der Waals surface area contributed by atoms with E-state index in [4.69, 9.17) is 4.74 Å². The van der Waals surface area contributed by atoms with Crippen LogP contribution in [-0.4, -0.2) is 32.9 Å². The zero-order valence-electron chi connectivity index (χ0n) is 14.1. The first-order valence-corrected chi connectivity index (χ1v) is 7.88. The topological polar surface area (TPSA) is 73.2 Å². The Balaban J connectivity index is 1.90. The number of ether oxygens (including phenoxy) is 1. The fraction of sp³-hybridized carbons (Fsp3) is 0.389. The highest BCUT2D eigenvalue weighted by Crippen LogP contribution is 2.46. The summed E-state index contributed by atoms with van der Waals surface area (Å²) in [5.74, 6) is -0.417. The fourth-order valence-electron chi connectivity index (χ4n) is 2.82. The van der Waals surface area contributed by atoms with E-state index in [9.17, 15) is 9.59 Å². The summed E-state index contributed by atoms with van der Waals surface area (Å²) in [6.07, 6.45) is 3.19. The van der Waals surface area contributed by atoms with Crippen LogP contribution in [0.15, 0.2) is 43.1 Å². The summed E-state index contributed by atoms with van der Waals surface area (Å²) in [5.41, 5.74) is -0.966. The number of para-hydroxylation sites is 1. The molecule has 0 spiro atoms. The van der Waals surface area contributed by atoms with Crippen molar-refractivity contribution in [2.24, 2.45) is 5.92 Å². The average Bonchev–Trinajstić information content (AvgIpc) is 3.04. The number of rotatable bonds is 3. The Morgan fingerprint density at radius 1 is 1.42 bits per heavy atom. The van der Waals surface area contributed by atoms with Crippen LogP contribution in [0.25, 0.3) is 10.9 Å². The quantitative estimate of drug-likeness (QED) is 0.879. The molecule has 1 aromatic heterocycles. The number of nitrogens with zero attached hydrogens (tertiary/aromatic N) is 2. The predicted molar refractivity (Wildman–Crippen MR) is 90.8 cm³/mol. The second-order valence-corrected chi connectivity index (χ2v) is 7.06. The maximum absolute atomic E-state index is 13.1. The minimum atomic E-state index is -1.04. The Kier molecular flexibility index (Phi) is 3.70. The lowest BCUT2D eigenvalue weighted by Crippen LogP contribution is -2.49. The van der Waals surface area contributed by atoms with Crippen LogP contribution in [0.3, 0.4) is 0 Å². The van der Waals surface area contributed by atoms with Gasteiger partial charge in [-0.1, -0.05) is 24.3 Å². The first kappa shape index (κ1) is 16.2. The van der Waals surface area contributed by atoms with Gasteiger partial charge in [-0.05, 0) is 33.3 Å². The molecule has 1 N–H and O–H groups in total. The Morgan fingerprint density at radius 2 is 2.12 bits per heavy atom. The Morgan fingerprint density at radius 3 is 2.75 bits per heavy atom. The van der Waals surface area contributed by atoms with E-state index in [-0.39, 0.29) is 11.8 Å². The molecule has 1 fully saturated rings. The molecule has 2 atom stereocenters. The molecule has 126 valence electrons. The van der Waals surface area contributed by atoms with Crippen molar-refractivity contribution in [3.05, 3.63) is 43.1 Å². The third kappa shape index (κ3) is 2.79. The molecule has 0 unspecified atom stereocenters. The molecule has 1 aliphatic rings. The number of hydrogen-bond acceptors (Lipinski definition) is 4. The van der Waals surface area contributed by atoms with Gasteiger partial charge >= 0.3 is 6.09 Å². The lowest BCUT2D eigenvalue weighted by Gasteiger charge is -2.23. The maximum Gasteiger partial charge on any atom is 0.408 e. The fourth-order valence-corrected chi connectivity index (χ4v) is 2.82. The van der Waals surface area contributed by atoms with Gasteiger partial charge < -0.3 is 10.1 Å². The Bertz CT molecular complexity index is 818. The van der Waals surface area contributed by atoms with Crippen molar-refractivity contribution in [2.45, 2.75) is 38.3 Å². The maximum atomic E-state index is 13.1. The SMILES string of the molecule is C=C[C@H]1C[C@@]1(NC(=O)OC(C)(C)C)C(=O)n1ncc2ccccc21. The summed E-state index contributed by atoms with van der Waals surface area (Å²) in [6.45, 7) is 9.09. The van der Waals surface area contributed by atoms with Gasteiger partial charge in [0.15, 0.2) is 0 Å². The molecular weight excluding hydrogens is 306 g/mol. The van der Waals surface area contributed by atoms with E-state index < -0.39 is 17.2 Å². The van der Waals surface area contributed by atoms with Gasteiger partial charge in [0.05, 0.1) is 11.7 Å². The van der Waals surface area contributed by atoms with Crippen LogP contribution in [0.4, 0.5) is 4.79 Å². The molecule has 2 aromatic rings. The average molecular weight is 327 g/mol. The second kappa shape index (κ2) is 5.47. The van der Waals surface area contributed by atoms with Gasteiger partial charge in [0, 0.05) is 11.3 Å². The van der Waals surface area contributed by atoms with Crippen LogP contribution < -0.4 is 5.32 Å². The predicted octanol–water partition coefficient (Wildman–Crippen LogP) is 3.15. The molecule has 1 amide bonds. The molecule has 0 saturated heterocycles. The largest absolute Gasteiger partial charge is 0.444 e. The molecule has 1 heterocycles. The van der Waals surface area contributed by atoms with Gasteiger partial charge in [-0.25, -0.2) is 4.79 Å². The number of aromatic nitrogens is 2. The number of fused-ring (bicyclic) bond motifs is 1. The summed E-state index contributed by atoms with van der Waals surface area (Å²) in [4.78, 5) is 25.2. The molecule has 1 aromatic carbocycles. The zero-order chi connectivity index (χ0) is 17.5. The van der Waals surface area contributed by atoms with Crippen LogP contribution in [0, 0.1) is 5.92 Å². The standard InChI is InChI=1S/C18H21N3O3/c1-5-13-10-18(13,20-16(23)24-17(2,3)4)15(22)21-14-9-7-6-8-12(14)11-19-21/h5-9,11,13H,1,10H2,2-4H3,(H,20,23)/t13-,18-/m0/s1. The van der Waals surface area contributed by atoms with Crippen molar-refractivity contribution in [2.75, 3.05) is 0 Å². The van der Waals surface area contributed by atoms with E-state index in [1.807, 2.05) is 24.3 Å². The lowest BCUT2D eigenvalue weighted by atomic mass is 10.1. The van der Waals surface area contributed by atoms with Crippen LogP contribution >= 0.6 is 0 Å². The highest BCUT2D eigenvalue weighted by molar-refractivity contribution is 6.00. The lowest BCUT2D eigenvalue weighted by molar-refractivity contribution is 0.0465. The molecule has 1 aliphatic carbocycles. The second-order valence-electron chi connectivity index (χ2n) is 7.06. The van der Waals surface area contributed by atoms with E-state index in [0.717, 1.165) is 5.39 Å². The number of carbonyl (C=O) groups is 2. The third-order valence-electron chi connectivity index (χ3n) is 4.07. The smallest absolute Gasteiger partial charge is 0.408 e. The van der Waals surface area contributed by atoms with Crippen LogP contribution in [0.2, 0.25) is 0 Å². The van der Waals surface area contributed by atoms with E-state index in [0.29, 0.717) is 11.9 Å². The first-order chi connectivity index (χ1) is 11.3. The van der Waals surface area contributed by atoms with Crippen molar-refractivity contribution in [3.8, 4) is 0 Å². The third-order valence-corrected chi connectivity index (χ3v) is 4.07. The van der Waals surface area contributed by atoms with Crippen LogP contribution in [0.1, 0.15) is 32.0 Å². The van der Waals surface area contributed by atoms with E-state index in [1.165, 1.54) is 4.68 Å². The number of hydrogen-bond donors (Lipinski definition) is 1. The van der Waals surface area contributed by atoms with E-state index in [2.05, 4.69) is 17.0 Å². The van der Waals surface area contributed by atoms with E-state index in [1.54, 1.807) is 33.0 Å². The number of amides is 1. The van der Waals surface area contributed by atoms with Crippen molar-refractivity contribution < 1.29 is 14.3 Å². The van der Waals surface area contributed by atoms with Gasteiger partial charge in [0.2, 0.25) is 0 Å². The van der Waals surface area contributed by atoms with Crippen LogP contribution in [0.5, 0.6) is 0 Å². The molecular formula is C18H21N3O3. The van der Waals surface area contributed by atoms with E-state index >= 15 is 0 Å². The molecule has 6 nitrogen and oxygen atoms in total. The Labute approximate surface area is 140 Å². The summed E-state index contributed by atoms with van der Waals surface area (Å²) >= 11 is 0. The van der Waals surface area contributed by atoms with Gasteiger partial charge in [-0.2, -0.15) is 9.78 Å². The molecule has 24 heavy (non-hydrogen) atoms. The summed E-state index contributed by atoms with van der Waals surface area (Å²) in [6, 6.07) is 7.45. The molecule has 0 radical (unpaired) electrons. The number of benzene rings is 1. The van der Waals surface area contributed by atoms with Crippen molar-refractivity contribution in [1.29, 1.82) is 0 Å². The molecule has 1 saturated carbocycles. The molecule has 0 aliphatic heterocycles. The van der Waals surface area contributed by atoms with Crippen LogP contribution in [-0.2, 0) is 4.74 Å². The summed E-state index contributed by atoms with van der Waals surface area (Å²) in [7, 11) is 0. The van der Waals surface area contributed by atoms with Gasteiger partial charge in [0.1, 0.15) is 11.1 Å². The molecule has 0 bridgehead atoms. The van der Waals surface area contributed by atoms with Crippen molar-refractivity contribution >= 4 is 22.9 Å². The minimum absolute atomic E-state index is 0.138. The number of alkyl carbamates (subject to hydrolysis) is 1. The monoisotopic (exact) mass is 327 g/mol. The number of nitrogens with one attached hydrogen (secondary N) is 1. The van der Waals surface area contributed by atoms with Crippen molar-refractivity contribution in [3.63, 3.8) is 0 Å². The summed E-state index contributed by atoms with van der Waals surface area (Å²) < 4.78 is 6.64. The first-order valence-electron chi connectivity index (χ1n) is 7.88. The van der Waals surface area contributed by atoms with Crippen molar-refractivity contribution in [1.82, 2.24) is 15.1 Å². The molecule has 3 rings (SSSR count). The highest BCUT2D eigenvalue weighted by atomic mass is 16.6. The van der Waals surface area contributed by atoms with Gasteiger partial charge in [-0.15, -0.1) is 6.58 Å². The van der Waals surface area contributed by atoms with Gasteiger partial charge in [0.25, 0.3) is 5.91 Å². The molecule has 6 heteroatoms. The minimum Gasteiger partial charge on any atom is -0.444 e. The zero-order valence-corrected chi connectivity index (χ0v) is 14.1. The normalized spacial score (nSPS) is 22.9.